The minimum absolute atomic E-state index is 0.121. The maximum atomic E-state index is 12.7. The van der Waals surface area contributed by atoms with Crippen molar-refractivity contribution >= 4 is 52.6 Å². The third-order valence-corrected chi connectivity index (χ3v) is 8.23. The summed E-state index contributed by atoms with van der Waals surface area (Å²) in [5.74, 6) is -1.52. The monoisotopic (exact) mass is 495 g/mol. The zero-order valence-electron chi connectivity index (χ0n) is 16.6. The Morgan fingerprint density at radius 1 is 1.38 bits per heavy atom. The van der Waals surface area contributed by atoms with Crippen LogP contribution in [-0.4, -0.2) is 65.5 Å². The highest BCUT2D eigenvalue weighted by molar-refractivity contribution is 8.01. The molecule has 1 saturated heterocycles. The van der Waals surface area contributed by atoms with Gasteiger partial charge in [-0.3, -0.25) is 28.6 Å². The smallest absolute Gasteiger partial charge is 0.352 e. The van der Waals surface area contributed by atoms with Crippen LogP contribution in [0.4, 0.5) is 0 Å². The van der Waals surface area contributed by atoms with Crippen molar-refractivity contribution < 1.29 is 19.5 Å². The second kappa shape index (κ2) is 8.96. The highest BCUT2D eigenvalue weighted by Crippen LogP contribution is 2.41. The van der Waals surface area contributed by atoms with Crippen LogP contribution in [0.5, 0.6) is 0 Å². The number of hydrogen-bond donors (Lipinski definition) is 3. The van der Waals surface area contributed by atoms with E-state index >= 15 is 0 Å². The van der Waals surface area contributed by atoms with Gasteiger partial charge in [-0.1, -0.05) is 17.8 Å². The average Bonchev–Trinajstić information content (AvgIpc) is 3.27. The second-order valence-corrected chi connectivity index (χ2v) is 10.0. The molecule has 4 rings (SSSR count). The van der Waals surface area contributed by atoms with Crippen molar-refractivity contribution in [3.8, 4) is 0 Å². The van der Waals surface area contributed by atoms with Crippen molar-refractivity contribution in [2.75, 3.05) is 11.5 Å². The lowest BCUT2D eigenvalue weighted by Gasteiger charge is -2.49. The lowest BCUT2D eigenvalue weighted by atomic mass is 10.0. The molecule has 14 heteroatoms. The van der Waals surface area contributed by atoms with E-state index in [-0.39, 0.29) is 28.9 Å². The van der Waals surface area contributed by atoms with Gasteiger partial charge in [0.15, 0.2) is 5.16 Å². The number of rotatable bonds is 7. The number of aromatic amines is 1. The molecule has 0 unspecified atom stereocenters. The molecule has 0 saturated carbocycles. The number of aromatic nitrogens is 3. The summed E-state index contributed by atoms with van der Waals surface area (Å²) in [7, 11) is 1.40. The Morgan fingerprint density at radius 2 is 2.16 bits per heavy atom. The molecule has 0 radical (unpaired) electrons. The Bertz CT molecular complexity index is 1230. The number of nitrogens with zero attached hydrogens (tertiary/aromatic N) is 3. The lowest BCUT2D eigenvalue weighted by Crippen LogP contribution is -2.70. The Hall–Kier alpha value is -2.84. The van der Waals surface area contributed by atoms with E-state index in [4.69, 9.17) is 0 Å². The second-order valence-electron chi connectivity index (χ2n) is 6.96. The fourth-order valence-corrected chi connectivity index (χ4v) is 6.44. The third kappa shape index (κ3) is 4.12. The Labute approximate surface area is 192 Å². The van der Waals surface area contributed by atoms with Crippen LogP contribution in [0.15, 0.2) is 43.5 Å². The molecule has 2 amide bonds. The minimum atomic E-state index is -1.24. The van der Waals surface area contributed by atoms with E-state index in [1.54, 1.807) is 0 Å². The van der Waals surface area contributed by atoms with Crippen LogP contribution in [-0.2, 0) is 27.9 Å². The molecule has 11 nitrogen and oxygen atoms in total. The summed E-state index contributed by atoms with van der Waals surface area (Å²) in [4.78, 5) is 62.1. The van der Waals surface area contributed by atoms with E-state index in [1.807, 2.05) is 17.5 Å². The van der Waals surface area contributed by atoms with Crippen molar-refractivity contribution in [1.82, 2.24) is 25.0 Å². The van der Waals surface area contributed by atoms with Gasteiger partial charge in [-0.15, -0.1) is 28.2 Å². The summed E-state index contributed by atoms with van der Waals surface area (Å²) in [6.07, 6.45) is 0.160. The predicted molar refractivity (Wildman–Crippen MR) is 119 cm³/mol. The first-order valence-electron chi connectivity index (χ1n) is 9.28. The Kier molecular flexibility index (Phi) is 6.26. The predicted octanol–water partition coefficient (Wildman–Crippen LogP) is -0.396. The normalized spacial score (nSPS) is 20.0. The molecule has 32 heavy (non-hydrogen) atoms. The molecule has 1 fully saturated rings. The summed E-state index contributed by atoms with van der Waals surface area (Å²) in [5.41, 5.74) is -1.26. The maximum Gasteiger partial charge on any atom is 0.352 e. The number of thioether (sulfide) groups is 2. The van der Waals surface area contributed by atoms with Gasteiger partial charge in [0.2, 0.25) is 5.91 Å². The molecule has 0 bridgehead atoms. The molecule has 2 aromatic heterocycles. The lowest BCUT2D eigenvalue weighted by molar-refractivity contribution is -0.150. The fraction of sp³-hybridized carbons (Fsp3) is 0.333. The molecule has 0 spiro atoms. The first kappa shape index (κ1) is 22.4. The number of aliphatic carboxylic acids is 1. The van der Waals surface area contributed by atoms with E-state index in [0.717, 1.165) is 21.2 Å². The number of thiophene rings is 1. The van der Waals surface area contributed by atoms with Crippen LogP contribution in [0.2, 0.25) is 0 Å². The number of H-pyrrole nitrogens is 1. The molecule has 2 aliphatic rings. The number of β-lactam (4-membered cyclic amide) rings is 1. The molecule has 2 atom stereocenters. The molecular weight excluding hydrogens is 478 g/mol. The average molecular weight is 496 g/mol. The first-order chi connectivity index (χ1) is 15.3. The van der Waals surface area contributed by atoms with Gasteiger partial charge in [0.1, 0.15) is 17.1 Å². The quantitative estimate of drug-likeness (QED) is 0.264. The van der Waals surface area contributed by atoms with Gasteiger partial charge < -0.3 is 10.4 Å². The van der Waals surface area contributed by atoms with Crippen LogP contribution >= 0.6 is 34.9 Å². The zero-order chi connectivity index (χ0) is 23.0. The number of amides is 2. The van der Waals surface area contributed by atoms with Gasteiger partial charge >= 0.3 is 17.1 Å². The number of fused-ring (bicyclic) bond motifs is 1. The van der Waals surface area contributed by atoms with Gasteiger partial charge in [-0.25, -0.2) is 9.89 Å². The van der Waals surface area contributed by atoms with Gasteiger partial charge in [-0.05, 0) is 17.0 Å². The van der Waals surface area contributed by atoms with Crippen molar-refractivity contribution in [1.29, 1.82) is 0 Å². The van der Waals surface area contributed by atoms with E-state index in [1.165, 1.54) is 35.0 Å². The fourth-order valence-electron chi connectivity index (χ4n) is 3.33. The van der Waals surface area contributed by atoms with E-state index < -0.39 is 34.4 Å². The maximum absolute atomic E-state index is 12.7. The van der Waals surface area contributed by atoms with E-state index in [2.05, 4.69) is 15.5 Å². The molecule has 2 aromatic rings. The number of carboxylic acids is 1. The van der Waals surface area contributed by atoms with Crippen LogP contribution < -0.4 is 16.4 Å². The molecule has 3 N–H and O–H groups in total. The minimum Gasteiger partial charge on any atom is -0.477 e. The number of hydrogen-bond acceptors (Lipinski definition) is 9. The molecule has 0 aromatic carbocycles. The van der Waals surface area contributed by atoms with Crippen LogP contribution in [0.3, 0.4) is 0 Å². The molecule has 4 heterocycles. The zero-order valence-corrected chi connectivity index (χ0v) is 19.0. The summed E-state index contributed by atoms with van der Waals surface area (Å²) in [6.45, 7) is 0. The summed E-state index contributed by atoms with van der Waals surface area (Å²) < 4.78 is 1.08. The van der Waals surface area contributed by atoms with Gasteiger partial charge in [0, 0.05) is 23.4 Å². The van der Waals surface area contributed by atoms with Gasteiger partial charge in [0.25, 0.3) is 5.91 Å². The summed E-state index contributed by atoms with van der Waals surface area (Å²) in [6, 6.07) is 2.89. The van der Waals surface area contributed by atoms with E-state index in [0.29, 0.717) is 11.3 Å². The SMILES string of the molecule is Cn1c(SCC2=C(C(=O)O)N3C(=O)[C@@H](NC(=O)Cc4cccs4)[C@@H]3SC2)n[nH]c(=O)c1=O. The number of carbonyl (C=O) groups excluding carboxylic acids is 2. The van der Waals surface area contributed by atoms with Crippen LogP contribution in [0.25, 0.3) is 0 Å². The number of nitrogens with one attached hydrogen (secondary N) is 2. The van der Waals surface area contributed by atoms with E-state index in [9.17, 15) is 29.1 Å². The van der Waals surface area contributed by atoms with Crippen LogP contribution in [0, 0.1) is 0 Å². The van der Waals surface area contributed by atoms with Crippen molar-refractivity contribution in [2.45, 2.75) is 23.0 Å². The Morgan fingerprint density at radius 3 is 2.84 bits per heavy atom. The largest absolute Gasteiger partial charge is 0.477 e. The summed E-state index contributed by atoms with van der Waals surface area (Å²) in [5, 5.41) is 20.0. The third-order valence-electron chi connectivity index (χ3n) is 4.90. The van der Waals surface area contributed by atoms with Gasteiger partial charge in [-0.2, -0.15) is 0 Å². The van der Waals surface area contributed by atoms with Crippen molar-refractivity contribution in [3.05, 3.63) is 54.4 Å². The standard InChI is InChI=1S/C18H17N5O6S3/c1-22-15(27)13(25)20-21-18(22)32-7-8-6-31-16-11(14(26)23(16)12(8)17(28)29)19-10(24)5-9-3-2-4-30-9/h2-4,11,16H,5-7H2,1H3,(H,19,24)(H,20,25)(H,28,29)/t11-,16+/m1/s1. The van der Waals surface area contributed by atoms with Gasteiger partial charge in [0.05, 0.1) is 6.42 Å². The highest BCUT2D eigenvalue weighted by atomic mass is 32.2. The van der Waals surface area contributed by atoms with Crippen LogP contribution in [0.1, 0.15) is 4.88 Å². The first-order valence-corrected chi connectivity index (χ1v) is 12.2. The van der Waals surface area contributed by atoms with Crippen molar-refractivity contribution in [2.24, 2.45) is 7.05 Å². The molecule has 2 aliphatic heterocycles. The highest BCUT2D eigenvalue weighted by Gasteiger charge is 2.54. The molecule has 168 valence electrons. The number of carbonyl (C=O) groups is 3. The van der Waals surface area contributed by atoms with Crippen molar-refractivity contribution in [3.63, 3.8) is 0 Å². The summed E-state index contributed by atoms with van der Waals surface area (Å²) >= 11 is 3.88. The Balaban J connectivity index is 1.48. The number of carboxylic acid groups (broad SMARTS) is 1. The molecular formula is C18H17N5O6S3. The molecule has 0 aliphatic carbocycles. The topological polar surface area (TPSA) is 154 Å².